The molecular weight excluding hydrogens is 1380 g/mol. The molecule has 106 heavy (non-hydrogen) atoms. The fourth-order valence-electron chi connectivity index (χ4n) is 10.9. The van der Waals surface area contributed by atoms with Crippen molar-refractivity contribution < 1.29 is 80.2 Å². The number of aliphatic hydroxyl groups excluding tert-OH is 1. The number of aliphatic hydroxyl groups is 1. The maximum atomic E-state index is 13.1. The number of carbonyl (C=O) groups is 4. The highest BCUT2D eigenvalue weighted by molar-refractivity contribution is 7.47. The predicted octanol–water partition coefficient (Wildman–Crippen LogP) is 24.4. The molecule has 0 aliphatic carbocycles. The number of hydrogen-bond donors (Lipinski definition) is 3. The Hall–Kier alpha value is -4.80. The van der Waals surface area contributed by atoms with E-state index in [9.17, 15) is 43.2 Å². The predicted molar refractivity (Wildman–Crippen MR) is 436 cm³/mol. The molecule has 0 rings (SSSR count). The van der Waals surface area contributed by atoms with Gasteiger partial charge in [-0.2, -0.15) is 0 Å². The third kappa shape index (κ3) is 77.4. The molecule has 0 bridgehead atoms. The van der Waals surface area contributed by atoms with Crippen LogP contribution in [0.2, 0.25) is 0 Å². The van der Waals surface area contributed by atoms with Gasteiger partial charge >= 0.3 is 39.5 Å². The topological polar surface area (TPSA) is 237 Å². The van der Waals surface area contributed by atoms with Crippen LogP contribution in [0.3, 0.4) is 0 Å². The lowest BCUT2D eigenvalue weighted by molar-refractivity contribution is -0.161. The zero-order valence-corrected chi connectivity index (χ0v) is 68.4. The zero-order valence-electron chi connectivity index (χ0n) is 66.6. The third-order valence-electron chi connectivity index (χ3n) is 17.1. The second-order valence-electron chi connectivity index (χ2n) is 27.3. The van der Waals surface area contributed by atoms with Crippen LogP contribution in [0, 0.1) is 0 Å². The summed E-state index contributed by atoms with van der Waals surface area (Å²) in [6.45, 7) is 4.56. The van der Waals surface area contributed by atoms with E-state index in [0.717, 1.165) is 167 Å². The monoisotopic (exact) mass is 1530 g/mol. The quantitative estimate of drug-likeness (QED) is 0.0169. The summed E-state index contributed by atoms with van der Waals surface area (Å²) in [5, 5.41) is 10.7. The van der Waals surface area contributed by atoms with E-state index in [-0.39, 0.29) is 25.7 Å². The standard InChI is InChI=1S/C87H148O17P2/c1-5-9-13-17-21-25-29-33-37-39-40-42-46-48-52-56-60-64-68-72-85(90)98-78-83(104-87(92)74-70-66-62-58-54-50-44-36-32-28-24-20-16-12-8-4)80-102-106(95,96)100-76-81(88)75-99-105(93,94)101-79-82(103-86(91)73-69-65-61-57-53-49-43-35-31-27-23-19-15-11-7-3)77-97-84(89)71-67-63-59-55-51-47-45-41-38-34-30-26-22-18-14-10-6-2/h9-10,13-14,21-22,24-26,28,33-34,36-38,40,42,44-45,47,55,59,81-83,88H,5-8,11-12,15-20,23,27,29-32,35,39,41,43,46,48-54,56-58,60-80H2,1-4H3,(H,93,94)(H,95,96)/b13-9-,14-10-,25-21-,26-22-,28-24-,37-33-,38-34-,42-40-,44-36-,47-45-,59-55-. The smallest absolute Gasteiger partial charge is 0.462 e. The maximum absolute atomic E-state index is 13.1. The summed E-state index contributed by atoms with van der Waals surface area (Å²) in [4.78, 5) is 73.1. The van der Waals surface area contributed by atoms with E-state index >= 15 is 0 Å². The van der Waals surface area contributed by atoms with Gasteiger partial charge in [-0.05, 0) is 135 Å². The van der Waals surface area contributed by atoms with Crippen LogP contribution in [0.15, 0.2) is 134 Å². The number of unbranched alkanes of at least 4 members (excludes halogenated alkanes) is 29. The van der Waals surface area contributed by atoms with Crippen LogP contribution >= 0.6 is 15.6 Å². The second-order valence-corrected chi connectivity index (χ2v) is 30.2. The van der Waals surface area contributed by atoms with Crippen LogP contribution in [0.5, 0.6) is 0 Å². The van der Waals surface area contributed by atoms with Crippen molar-refractivity contribution in [1.82, 2.24) is 0 Å². The summed E-state index contributed by atoms with van der Waals surface area (Å²) in [6, 6.07) is 0. The molecule has 5 atom stereocenters. The van der Waals surface area contributed by atoms with Crippen LogP contribution in [-0.4, -0.2) is 96.7 Å². The Balaban J connectivity index is 5.42. The average Bonchev–Trinajstić information content (AvgIpc) is 0.928. The van der Waals surface area contributed by atoms with Crippen LogP contribution in [0.4, 0.5) is 0 Å². The molecule has 0 aliphatic heterocycles. The molecule has 5 unspecified atom stereocenters. The Labute approximate surface area is 644 Å². The lowest BCUT2D eigenvalue weighted by atomic mass is 10.0. The summed E-state index contributed by atoms with van der Waals surface area (Å²) in [6.07, 6.45) is 88.5. The van der Waals surface area contributed by atoms with Gasteiger partial charge in [0.2, 0.25) is 0 Å². The van der Waals surface area contributed by atoms with Gasteiger partial charge in [-0.15, -0.1) is 0 Å². The average molecular weight is 1530 g/mol. The van der Waals surface area contributed by atoms with Gasteiger partial charge in [0.1, 0.15) is 19.3 Å². The molecule has 0 saturated heterocycles. The molecule has 0 aromatic rings. The van der Waals surface area contributed by atoms with E-state index in [1.165, 1.54) is 83.5 Å². The van der Waals surface area contributed by atoms with Crippen LogP contribution in [-0.2, 0) is 65.4 Å². The Morgan fingerprint density at radius 2 is 0.500 bits per heavy atom. The van der Waals surface area contributed by atoms with E-state index in [4.69, 9.17) is 37.0 Å². The first kappa shape index (κ1) is 101. The van der Waals surface area contributed by atoms with Gasteiger partial charge in [0.25, 0.3) is 0 Å². The Bertz CT molecular complexity index is 2530. The molecule has 0 radical (unpaired) electrons. The number of ether oxygens (including phenoxy) is 4. The first-order valence-electron chi connectivity index (χ1n) is 41.4. The van der Waals surface area contributed by atoms with E-state index in [2.05, 4.69) is 149 Å². The number of allylic oxidation sites excluding steroid dienone is 22. The first-order valence-corrected chi connectivity index (χ1v) is 44.4. The minimum Gasteiger partial charge on any atom is -0.462 e. The van der Waals surface area contributed by atoms with Crippen molar-refractivity contribution in [2.75, 3.05) is 39.6 Å². The zero-order chi connectivity index (χ0) is 77.4. The normalized spacial score (nSPS) is 14.5. The minimum atomic E-state index is -4.99. The SMILES string of the molecule is CC/C=C\C/C=C\C/C=C\C/C=C\C/C=C\CCCC(=O)OCC(COP(=O)(O)OCC(O)COP(=O)(O)OCC(COC(=O)CCCCCCCC/C=C\C/C=C\C/C=C\C/C=C\CC)OC(=O)CCCCCCC/C=C\C/C=C\CCCCC)OC(=O)CCCCCCCCCCCCCCCCC. The molecule has 0 aliphatic rings. The molecule has 0 aromatic heterocycles. The van der Waals surface area contributed by atoms with Gasteiger partial charge in [-0.25, -0.2) is 9.13 Å². The molecule has 0 aromatic carbocycles. The third-order valence-corrected chi connectivity index (χ3v) is 19.0. The van der Waals surface area contributed by atoms with Crippen molar-refractivity contribution in [3.8, 4) is 0 Å². The molecule has 0 spiro atoms. The van der Waals surface area contributed by atoms with Gasteiger partial charge < -0.3 is 33.8 Å². The lowest BCUT2D eigenvalue weighted by Gasteiger charge is -2.21. The van der Waals surface area contributed by atoms with Crippen molar-refractivity contribution in [1.29, 1.82) is 0 Å². The van der Waals surface area contributed by atoms with Crippen LogP contribution in [0.25, 0.3) is 0 Å². The molecule has 0 saturated carbocycles. The maximum Gasteiger partial charge on any atom is 0.472 e. The summed E-state index contributed by atoms with van der Waals surface area (Å²) in [5.41, 5.74) is 0. The first-order chi connectivity index (χ1) is 51.7. The number of hydrogen-bond acceptors (Lipinski definition) is 15. The highest BCUT2D eigenvalue weighted by atomic mass is 31.2. The molecule has 17 nitrogen and oxygen atoms in total. The molecule has 0 heterocycles. The van der Waals surface area contributed by atoms with E-state index in [0.29, 0.717) is 32.1 Å². The number of phosphoric acid groups is 2. The van der Waals surface area contributed by atoms with Gasteiger partial charge in [-0.1, -0.05) is 309 Å². The summed E-state index contributed by atoms with van der Waals surface area (Å²) in [5.74, 6) is -2.26. The Morgan fingerprint density at radius 3 is 0.811 bits per heavy atom. The largest absolute Gasteiger partial charge is 0.472 e. The molecular formula is C87H148O17P2. The number of esters is 4. The number of carbonyl (C=O) groups excluding carboxylic acids is 4. The van der Waals surface area contributed by atoms with Crippen LogP contribution < -0.4 is 0 Å². The molecule has 0 fully saturated rings. The second kappa shape index (κ2) is 78.3. The van der Waals surface area contributed by atoms with E-state index < -0.39 is 97.5 Å². The van der Waals surface area contributed by atoms with E-state index in [1.54, 1.807) is 0 Å². The van der Waals surface area contributed by atoms with Crippen LogP contribution in [0.1, 0.15) is 336 Å². The van der Waals surface area contributed by atoms with Crippen molar-refractivity contribution >= 4 is 39.5 Å². The summed E-state index contributed by atoms with van der Waals surface area (Å²) in [7, 11) is -9.99. The number of rotatable bonds is 77. The van der Waals surface area contributed by atoms with Gasteiger partial charge in [0, 0.05) is 25.7 Å². The van der Waals surface area contributed by atoms with Crippen molar-refractivity contribution in [3.05, 3.63) is 134 Å². The summed E-state index contributed by atoms with van der Waals surface area (Å²) < 4.78 is 68.7. The molecule has 608 valence electrons. The fourth-order valence-corrected chi connectivity index (χ4v) is 12.4. The van der Waals surface area contributed by atoms with Crippen molar-refractivity contribution in [2.24, 2.45) is 0 Å². The van der Waals surface area contributed by atoms with Crippen molar-refractivity contribution in [2.45, 2.75) is 354 Å². The Morgan fingerprint density at radius 1 is 0.274 bits per heavy atom. The molecule has 3 N–H and O–H groups in total. The highest BCUT2D eigenvalue weighted by Gasteiger charge is 2.30. The number of phosphoric ester groups is 2. The van der Waals surface area contributed by atoms with Gasteiger partial charge in [0.05, 0.1) is 26.4 Å². The fraction of sp³-hybridized carbons (Fsp3) is 0.701. The lowest BCUT2D eigenvalue weighted by Crippen LogP contribution is -2.30. The van der Waals surface area contributed by atoms with Crippen molar-refractivity contribution in [3.63, 3.8) is 0 Å². The molecule has 0 amide bonds. The molecule has 19 heteroatoms. The van der Waals surface area contributed by atoms with E-state index in [1.807, 2.05) is 12.2 Å². The van der Waals surface area contributed by atoms with Gasteiger partial charge in [0.15, 0.2) is 12.2 Å². The Kier molecular flexibility index (Phi) is 74.8. The minimum absolute atomic E-state index is 0.0720. The highest BCUT2D eigenvalue weighted by Crippen LogP contribution is 2.45. The van der Waals surface area contributed by atoms with Gasteiger partial charge in [-0.3, -0.25) is 37.3 Å². The summed E-state index contributed by atoms with van der Waals surface area (Å²) >= 11 is 0.